The quantitative estimate of drug-likeness (QED) is 0.830. The molecule has 112 valence electrons. The molecule has 0 aliphatic rings. The van der Waals surface area contributed by atoms with Gasteiger partial charge in [0.05, 0.1) is 7.11 Å². The zero-order valence-electron chi connectivity index (χ0n) is 12.5. The Morgan fingerprint density at radius 1 is 1.24 bits per heavy atom. The number of carbonyl (C=O) groups is 1. The lowest BCUT2D eigenvalue weighted by atomic mass is 9.97. The van der Waals surface area contributed by atoms with Crippen molar-refractivity contribution in [3.05, 3.63) is 42.0 Å². The Morgan fingerprint density at radius 3 is 2.71 bits per heavy atom. The standard InChI is InChI=1S/C17H21NO3/c1-3-13(18)10-15-14-7-5-4-6-12(14)8-9-16(15)21-11-17(19)20-2/h4-9,13H,3,10-11,18H2,1-2H3. The molecule has 0 bridgehead atoms. The summed E-state index contributed by atoms with van der Waals surface area (Å²) in [6, 6.07) is 12.1. The van der Waals surface area contributed by atoms with E-state index in [1.807, 2.05) is 24.3 Å². The van der Waals surface area contributed by atoms with E-state index in [0.29, 0.717) is 12.2 Å². The van der Waals surface area contributed by atoms with Crippen LogP contribution in [0.2, 0.25) is 0 Å². The monoisotopic (exact) mass is 287 g/mol. The Labute approximate surface area is 124 Å². The van der Waals surface area contributed by atoms with Gasteiger partial charge in [-0.15, -0.1) is 0 Å². The van der Waals surface area contributed by atoms with Gasteiger partial charge in [-0.3, -0.25) is 0 Å². The number of hydrogen-bond acceptors (Lipinski definition) is 4. The first kappa shape index (κ1) is 15.3. The van der Waals surface area contributed by atoms with E-state index in [9.17, 15) is 4.79 Å². The second kappa shape index (κ2) is 7.09. The summed E-state index contributed by atoms with van der Waals surface area (Å²) in [6.45, 7) is 1.97. The molecule has 0 amide bonds. The number of fused-ring (bicyclic) bond motifs is 1. The highest BCUT2D eigenvalue weighted by atomic mass is 16.6. The predicted molar refractivity (Wildman–Crippen MR) is 83.4 cm³/mol. The number of hydrogen-bond donors (Lipinski definition) is 1. The van der Waals surface area contributed by atoms with E-state index in [2.05, 4.69) is 23.8 Å². The number of esters is 1. The summed E-state index contributed by atoms with van der Waals surface area (Å²) >= 11 is 0. The van der Waals surface area contributed by atoms with Gasteiger partial charge in [-0.2, -0.15) is 0 Å². The van der Waals surface area contributed by atoms with Crippen LogP contribution in [0.1, 0.15) is 18.9 Å². The minimum absolute atomic E-state index is 0.0660. The summed E-state index contributed by atoms with van der Waals surface area (Å²) in [6.07, 6.45) is 1.61. The van der Waals surface area contributed by atoms with E-state index in [-0.39, 0.29) is 12.6 Å². The number of benzene rings is 2. The normalized spacial score (nSPS) is 12.1. The van der Waals surface area contributed by atoms with E-state index in [1.165, 1.54) is 7.11 Å². The lowest BCUT2D eigenvalue weighted by Crippen LogP contribution is -2.22. The van der Waals surface area contributed by atoms with Gasteiger partial charge in [0, 0.05) is 11.6 Å². The molecule has 2 aromatic carbocycles. The molecular formula is C17H21NO3. The molecule has 1 atom stereocenters. The van der Waals surface area contributed by atoms with Crippen molar-refractivity contribution in [2.75, 3.05) is 13.7 Å². The summed E-state index contributed by atoms with van der Waals surface area (Å²) in [4.78, 5) is 11.3. The molecule has 2 aromatic rings. The van der Waals surface area contributed by atoms with Gasteiger partial charge >= 0.3 is 5.97 Å². The minimum atomic E-state index is -0.395. The number of carbonyl (C=O) groups excluding carboxylic acids is 1. The van der Waals surface area contributed by atoms with Gasteiger partial charge in [0.2, 0.25) is 0 Å². The number of rotatable bonds is 6. The smallest absolute Gasteiger partial charge is 0.343 e. The second-order valence-corrected chi connectivity index (χ2v) is 5.00. The van der Waals surface area contributed by atoms with Crippen LogP contribution in [0.15, 0.2) is 36.4 Å². The molecule has 0 saturated heterocycles. The van der Waals surface area contributed by atoms with E-state index in [4.69, 9.17) is 10.5 Å². The van der Waals surface area contributed by atoms with Crippen molar-refractivity contribution in [2.45, 2.75) is 25.8 Å². The van der Waals surface area contributed by atoms with E-state index in [1.54, 1.807) is 0 Å². The molecule has 0 spiro atoms. The third kappa shape index (κ3) is 3.73. The van der Waals surface area contributed by atoms with Crippen LogP contribution < -0.4 is 10.5 Å². The molecule has 0 aliphatic carbocycles. The van der Waals surface area contributed by atoms with Crippen LogP contribution in [0.25, 0.3) is 10.8 Å². The van der Waals surface area contributed by atoms with Crippen molar-refractivity contribution in [2.24, 2.45) is 5.73 Å². The first-order valence-electron chi connectivity index (χ1n) is 7.11. The third-order valence-electron chi connectivity index (χ3n) is 3.56. The highest BCUT2D eigenvalue weighted by molar-refractivity contribution is 5.88. The highest BCUT2D eigenvalue weighted by Gasteiger charge is 2.13. The Bertz CT molecular complexity index is 624. The lowest BCUT2D eigenvalue weighted by Gasteiger charge is -2.16. The summed E-state index contributed by atoms with van der Waals surface area (Å²) in [5, 5.41) is 2.25. The SMILES string of the molecule is CCC(N)Cc1c(OCC(=O)OC)ccc2ccccc12. The summed E-state index contributed by atoms with van der Waals surface area (Å²) in [5.41, 5.74) is 7.15. The van der Waals surface area contributed by atoms with Crippen LogP contribution in [0.3, 0.4) is 0 Å². The van der Waals surface area contributed by atoms with Crippen molar-refractivity contribution in [1.82, 2.24) is 0 Å². The second-order valence-electron chi connectivity index (χ2n) is 5.00. The Morgan fingerprint density at radius 2 is 2.00 bits per heavy atom. The fraction of sp³-hybridized carbons (Fsp3) is 0.353. The van der Waals surface area contributed by atoms with E-state index < -0.39 is 5.97 Å². The molecule has 21 heavy (non-hydrogen) atoms. The maximum Gasteiger partial charge on any atom is 0.343 e. The van der Waals surface area contributed by atoms with Gasteiger partial charge in [-0.25, -0.2) is 4.79 Å². The Hall–Kier alpha value is -2.07. The van der Waals surface area contributed by atoms with Crippen LogP contribution in [0, 0.1) is 0 Å². The maximum atomic E-state index is 11.3. The summed E-state index contributed by atoms with van der Waals surface area (Å²) in [5.74, 6) is 0.303. The van der Waals surface area contributed by atoms with Crippen molar-refractivity contribution in [1.29, 1.82) is 0 Å². The van der Waals surface area contributed by atoms with Crippen molar-refractivity contribution < 1.29 is 14.3 Å². The van der Waals surface area contributed by atoms with Crippen LogP contribution >= 0.6 is 0 Å². The van der Waals surface area contributed by atoms with Gasteiger partial charge in [-0.05, 0) is 29.7 Å². The molecule has 1 unspecified atom stereocenters. The molecule has 0 radical (unpaired) electrons. The minimum Gasteiger partial charge on any atom is -0.482 e. The van der Waals surface area contributed by atoms with Crippen molar-refractivity contribution >= 4 is 16.7 Å². The highest BCUT2D eigenvalue weighted by Crippen LogP contribution is 2.29. The number of ether oxygens (including phenoxy) is 2. The molecule has 0 saturated carbocycles. The van der Waals surface area contributed by atoms with E-state index >= 15 is 0 Å². The molecule has 0 fully saturated rings. The average Bonchev–Trinajstić information content (AvgIpc) is 2.53. The van der Waals surface area contributed by atoms with Gasteiger partial charge in [-0.1, -0.05) is 37.3 Å². The Balaban J connectivity index is 2.38. The molecule has 4 heteroatoms. The third-order valence-corrected chi connectivity index (χ3v) is 3.56. The molecule has 4 nitrogen and oxygen atoms in total. The summed E-state index contributed by atoms with van der Waals surface area (Å²) < 4.78 is 10.2. The van der Waals surface area contributed by atoms with Gasteiger partial charge in [0.1, 0.15) is 5.75 Å². The zero-order valence-corrected chi connectivity index (χ0v) is 12.5. The van der Waals surface area contributed by atoms with Crippen molar-refractivity contribution in [3.63, 3.8) is 0 Å². The predicted octanol–water partition coefficient (Wildman–Crippen LogP) is 2.67. The van der Waals surface area contributed by atoms with Gasteiger partial charge in [0.25, 0.3) is 0 Å². The van der Waals surface area contributed by atoms with Crippen LogP contribution in [0.5, 0.6) is 5.75 Å². The number of methoxy groups -OCH3 is 1. The largest absolute Gasteiger partial charge is 0.482 e. The first-order valence-corrected chi connectivity index (χ1v) is 7.11. The zero-order chi connectivity index (χ0) is 15.2. The first-order chi connectivity index (χ1) is 10.2. The number of nitrogens with two attached hydrogens (primary N) is 1. The average molecular weight is 287 g/mol. The molecule has 0 heterocycles. The fourth-order valence-corrected chi connectivity index (χ4v) is 2.26. The molecule has 2 rings (SSSR count). The Kier molecular flexibility index (Phi) is 5.17. The van der Waals surface area contributed by atoms with Crippen molar-refractivity contribution in [3.8, 4) is 5.75 Å². The van der Waals surface area contributed by atoms with Crippen LogP contribution in [-0.4, -0.2) is 25.7 Å². The maximum absolute atomic E-state index is 11.3. The van der Waals surface area contributed by atoms with Gasteiger partial charge < -0.3 is 15.2 Å². The summed E-state index contributed by atoms with van der Waals surface area (Å²) in [7, 11) is 1.35. The fourth-order valence-electron chi connectivity index (χ4n) is 2.26. The molecule has 2 N–H and O–H groups in total. The molecule has 0 aromatic heterocycles. The molecule has 0 aliphatic heterocycles. The molecular weight excluding hydrogens is 266 g/mol. The topological polar surface area (TPSA) is 61.5 Å². The van der Waals surface area contributed by atoms with Crippen LogP contribution in [0.4, 0.5) is 0 Å². The lowest BCUT2D eigenvalue weighted by molar-refractivity contribution is -0.142. The van der Waals surface area contributed by atoms with Gasteiger partial charge in [0.15, 0.2) is 6.61 Å². The van der Waals surface area contributed by atoms with E-state index in [0.717, 1.165) is 22.8 Å². The van der Waals surface area contributed by atoms with Crippen LogP contribution in [-0.2, 0) is 16.0 Å².